The number of hydrogen-bond donors (Lipinski definition) is 2. The zero-order chi connectivity index (χ0) is 15.2. The molecule has 7 heteroatoms. The number of oxime groups is 1. The summed E-state index contributed by atoms with van der Waals surface area (Å²) in [4.78, 5) is 13.9. The van der Waals surface area contributed by atoms with Crippen molar-refractivity contribution in [2.45, 2.75) is 13.0 Å². The van der Waals surface area contributed by atoms with E-state index < -0.39 is 0 Å². The van der Waals surface area contributed by atoms with Crippen molar-refractivity contribution in [1.29, 1.82) is 0 Å². The van der Waals surface area contributed by atoms with Gasteiger partial charge in [-0.2, -0.15) is 0 Å². The van der Waals surface area contributed by atoms with Crippen molar-refractivity contribution in [1.82, 2.24) is 4.90 Å². The maximum atomic E-state index is 12.2. The summed E-state index contributed by atoms with van der Waals surface area (Å²) in [6.45, 7) is 3.47. The summed E-state index contributed by atoms with van der Waals surface area (Å²) in [5.41, 5.74) is 6.02. The number of nitrogens with two attached hydrogens (primary N) is 1. The number of amidine groups is 1. The number of carbonyl (C=O) groups excluding carboxylic acids is 1. The lowest BCUT2D eigenvalue weighted by atomic mass is 10.2. The van der Waals surface area contributed by atoms with Crippen LogP contribution >= 0.6 is 0 Å². The molecule has 1 heterocycles. The van der Waals surface area contributed by atoms with E-state index in [-0.39, 0.29) is 24.4 Å². The number of para-hydroxylation sites is 1. The molecule has 0 radical (unpaired) electrons. The fraction of sp³-hybridized carbons (Fsp3) is 0.429. The summed E-state index contributed by atoms with van der Waals surface area (Å²) in [5.74, 6) is 0.236. The fourth-order valence-electron chi connectivity index (χ4n) is 2.18. The molecule has 1 aromatic carbocycles. The van der Waals surface area contributed by atoms with E-state index in [0.29, 0.717) is 31.1 Å². The number of morpholine rings is 1. The molecule has 1 amide bonds. The van der Waals surface area contributed by atoms with Crippen LogP contribution in [0.1, 0.15) is 12.5 Å². The normalized spacial score (nSPS) is 19.4. The minimum absolute atomic E-state index is 0.0363. The summed E-state index contributed by atoms with van der Waals surface area (Å²) in [7, 11) is 0. The van der Waals surface area contributed by atoms with Gasteiger partial charge in [-0.15, -0.1) is 0 Å². The Kier molecular flexibility index (Phi) is 4.99. The van der Waals surface area contributed by atoms with Gasteiger partial charge in [0, 0.05) is 6.54 Å². The fourth-order valence-corrected chi connectivity index (χ4v) is 2.18. The topological polar surface area (TPSA) is 97.4 Å². The SMILES string of the molecule is CC1COCCN1C(=O)COc1ccccc1/C(N)=N/O. The van der Waals surface area contributed by atoms with Gasteiger partial charge in [0.2, 0.25) is 0 Å². The molecule has 0 spiro atoms. The number of carbonyl (C=O) groups is 1. The van der Waals surface area contributed by atoms with Crippen molar-refractivity contribution in [2.24, 2.45) is 10.9 Å². The summed E-state index contributed by atoms with van der Waals surface area (Å²) in [5, 5.41) is 11.7. The molecule has 0 bridgehead atoms. The Morgan fingerprint density at radius 3 is 3.05 bits per heavy atom. The van der Waals surface area contributed by atoms with Crippen LogP contribution in [0.2, 0.25) is 0 Å². The molecule has 1 atom stereocenters. The Labute approximate surface area is 122 Å². The first kappa shape index (κ1) is 15.1. The summed E-state index contributed by atoms with van der Waals surface area (Å²) >= 11 is 0. The zero-order valence-corrected chi connectivity index (χ0v) is 11.9. The third-order valence-electron chi connectivity index (χ3n) is 3.31. The maximum Gasteiger partial charge on any atom is 0.260 e. The van der Waals surface area contributed by atoms with Gasteiger partial charge < -0.3 is 25.3 Å². The Morgan fingerprint density at radius 2 is 2.33 bits per heavy atom. The molecule has 7 nitrogen and oxygen atoms in total. The van der Waals surface area contributed by atoms with Crippen LogP contribution in [-0.2, 0) is 9.53 Å². The second-order valence-electron chi connectivity index (χ2n) is 4.78. The number of hydrogen-bond acceptors (Lipinski definition) is 5. The zero-order valence-electron chi connectivity index (χ0n) is 11.9. The second-order valence-corrected chi connectivity index (χ2v) is 4.78. The Balaban J connectivity index is 2.01. The quantitative estimate of drug-likeness (QED) is 0.362. The first-order valence-electron chi connectivity index (χ1n) is 6.70. The van der Waals surface area contributed by atoms with E-state index in [1.54, 1.807) is 29.2 Å². The molecule has 21 heavy (non-hydrogen) atoms. The van der Waals surface area contributed by atoms with Crippen LogP contribution in [0.5, 0.6) is 5.75 Å². The Hall–Kier alpha value is -2.28. The molecule has 1 saturated heterocycles. The van der Waals surface area contributed by atoms with E-state index in [2.05, 4.69) is 5.16 Å². The first-order chi connectivity index (χ1) is 10.1. The third-order valence-corrected chi connectivity index (χ3v) is 3.31. The van der Waals surface area contributed by atoms with Crippen molar-refractivity contribution >= 4 is 11.7 Å². The number of nitrogens with zero attached hydrogens (tertiary/aromatic N) is 2. The maximum absolute atomic E-state index is 12.2. The molecular formula is C14H19N3O4. The highest BCUT2D eigenvalue weighted by Crippen LogP contribution is 2.18. The lowest BCUT2D eigenvalue weighted by Gasteiger charge is -2.33. The predicted molar refractivity (Wildman–Crippen MR) is 76.4 cm³/mol. The molecule has 0 saturated carbocycles. The first-order valence-corrected chi connectivity index (χ1v) is 6.70. The molecule has 1 aromatic rings. The molecule has 0 aliphatic carbocycles. The van der Waals surface area contributed by atoms with Crippen LogP contribution in [0.4, 0.5) is 0 Å². The highest BCUT2D eigenvalue weighted by molar-refractivity contribution is 5.99. The van der Waals surface area contributed by atoms with Gasteiger partial charge in [0.05, 0.1) is 24.8 Å². The summed E-state index contributed by atoms with van der Waals surface area (Å²) in [6, 6.07) is 6.86. The molecule has 114 valence electrons. The van der Waals surface area contributed by atoms with Crippen molar-refractivity contribution in [3.63, 3.8) is 0 Å². The standard InChI is InChI=1S/C14H19N3O4/c1-10-8-20-7-6-17(10)13(18)9-21-12-5-3-2-4-11(12)14(15)16-19/h2-5,10,19H,6-9H2,1H3,(H2,15,16). The molecule has 1 aliphatic rings. The van der Waals surface area contributed by atoms with Gasteiger partial charge in [-0.05, 0) is 19.1 Å². The van der Waals surface area contributed by atoms with Gasteiger partial charge in [-0.3, -0.25) is 4.79 Å². The Morgan fingerprint density at radius 1 is 1.57 bits per heavy atom. The number of amides is 1. The lowest BCUT2D eigenvalue weighted by molar-refractivity contribution is -0.141. The molecule has 1 fully saturated rings. The molecule has 3 N–H and O–H groups in total. The van der Waals surface area contributed by atoms with Gasteiger partial charge in [-0.1, -0.05) is 17.3 Å². The van der Waals surface area contributed by atoms with Gasteiger partial charge in [-0.25, -0.2) is 0 Å². The third kappa shape index (κ3) is 3.63. The number of rotatable bonds is 4. The summed E-state index contributed by atoms with van der Waals surface area (Å²) in [6.07, 6.45) is 0. The number of benzene rings is 1. The van der Waals surface area contributed by atoms with Crippen molar-refractivity contribution in [3.05, 3.63) is 29.8 Å². The van der Waals surface area contributed by atoms with E-state index in [1.165, 1.54) is 0 Å². The molecule has 2 rings (SSSR count). The highest BCUT2D eigenvalue weighted by Gasteiger charge is 2.24. The van der Waals surface area contributed by atoms with Crippen molar-refractivity contribution in [3.8, 4) is 5.75 Å². The van der Waals surface area contributed by atoms with Crippen LogP contribution in [0.3, 0.4) is 0 Å². The summed E-state index contributed by atoms with van der Waals surface area (Å²) < 4.78 is 10.8. The molecule has 0 aromatic heterocycles. The van der Waals surface area contributed by atoms with Gasteiger partial charge >= 0.3 is 0 Å². The average Bonchev–Trinajstić information content (AvgIpc) is 2.52. The van der Waals surface area contributed by atoms with Crippen molar-refractivity contribution in [2.75, 3.05) is 26.4 Å². The van der Waals surface area contributed by atoms with Crippen LogP contribution in [0.15, 0.2) is 29.4 Å². The van der Waals surface area contributed by atoms with Crippen molar-refractivity contribution < 1.29 is 19.5 Å². The Bertz CT molecular complexity index is 533. The minimum atomic E-state index is -0.111. The van der Waals surface area contributed by atoms with Gasteiger partial charge in [0.15, 0.2) is 12.4 Å². The second kappa shape index (κ2) is 6.94. The lowest BCUT2D eigenvalue weighted by Crippen LogP contribution is -2.48. The monoisotopic (exact) mass is 293 g/mol. The van der Waals surface area contributed by atoms with E-state index >= 15 is 0 Å². The van der Waals surface area contributed by atoms with E-state index in [0.717, 1.165) is 0 Å². The minimum Gasteiger partial charge on any atom is -0.483 e. The largest absolute Gasteiger partial charge is 0.483 e. The predicted octanol–water partition coefficient (Wildman–Crippen LogP) is 0.407. The van der Waals surface area contributed by atoms with E-state index in [4.69, 9.17) is 20.4 Å². The molecule has 1 aliphatic heterocycles. The van der Waals surface area contributed by atoms with Crippen LogP contribution in [0.25, 0.3) is 0 Å². The van der Waals surface area contributed by atoms with Gasteiger partial charge in [0.1, 0.15) is 5.75 Å². The molecule has 1 unspecified atom stereocenters. The van der Waals surface area contributed by atoms with E-state index in [1.807, 2.05) is 6.92 Å². The van der Waals surface area contributed by atoms with Crippen LogP contribution < -0.4 is 10.5 Å². The molecular weight excluding hydrogens is 274 g/mol. The number of ether oxygens (including phenoxy) is 2. The average molecular weight is 293 g/mol. The smallest absolute Gasteiger partial charge is 0.260 e. The van der Waals surface area contributed by atoms with E-state index in [9.17, 15) is 4.79 Å². The van der Waals surface area contributed by atoms with Crippen LogP contribution in [0, 0.1) is 0 Å². The van der Waals surface area contributed by atoms with Gasteiger partial charge in [0.25, 0.3) is 5.91 Å². The van der Waals surface area contributed by atoms with Crippen LogP contribution in [-0.4, -0.2) is 54.3 Å². The highest BCUT2D eigenvalue weighted by atomic mass is 16.5.